The highest BCUT2D eigenvalue weighted by atomic mass is 32.2. The van der Waals surface area contributed by atoms with Crippen LogP contribution in [0.2, 0.25) is 0 Å². The number of aromatic nitrogens is 3. The summed E-state index contributed by atoms with van der Waals surface area (Å²) in [7, 11) is 0. The normalized spacial score (nSPS) is 14.0. The van der Waals surface area contributed by atoms with Gasteiger partial charge in [-0.1, -0.05) is 25.6 Å². The molecular formula is C20H24N4O2S2. The molecule has 0 unspecified atom stereocenters. The van der Waals surface area contributed by atoms with Gasteiger partial charge in [-0.2, -0.15) is 11.3 Å². The maximum Gasteiger partial charge on any atom is 0.233 e. The number of nitrogens with zero attached hydrogens (tertiary/aromatic N) is 4. The molecule has 0 N–H and O–H groups in total. The van der Waals surface area contributed by atoms with Crippen molar-refractivity contribution in [1.29, 1.82) is 0 Å². The number of carbonyl (C=O) groups excluding carboxylic acids is 1. The van der Waals surface area contributed by atoms with Crippen LogP contribution >= 0.6 is 23.1 Å². The van der Waals surface area contributed by atoms with E-state index in [1.54, 1.807) is 17.6 Å². The summed E-state index contributed by atoms with van der Waals surface area (Å²) in [5.74, 6) is 2.38. The molecule has 1 saturated carbocycles. The van der Waals surface area contributed by atoms with Gasteiger partial charge in [0.25, 0.3) is 0 Å². The van der Waals surface area contributed by atoms with E-state index in [4.69, 9.17) is 4.42 Å². The third-order valence-electron chi connectivity index (χ3n) is 4.57. The summed E-state index contributed by atoms with van der Waals surface area (Å²) in [5.41, 5.74) is 1.21. The Morgan fingerprint density at radius 3 is 2.89 bits per heavy atom. The summed E-state index contributed by atoms with van der Waals surface area (Å²) >= 11 is 3.13. The first-order valence-electron chi connectivity index (χ1n) is 9.52. The van der Waals surface area contributed by atoms with Gasteiger partial charge in [0.05, 0.1) is 12.0 Å². The molecule has 28 heavy (non-hydrogen) atoms. The summed E-state index contributed by atoms with van der Waals surface area (Å²) in [5, 5.41) is 13.6. The first kappa shape index (κ1) is 19.3. The van der Waals surface area contributed by atoms with Crippen LogP contribution in [-0.4, -0.2) is 37.4 Å². The van der Waals surface area contributed by atoms with E-state index in [0.717, 1.165) is 24.5 Å². The number of rotatable bonds is 9. The van der Waals surface area contributed by atoms with Gasteiger partial charge in [0, 0.05) is 19.1 Å². The van der Waals surface area contributed by atoms with E-state index in [1.807, 2.05) is 17.0 Å². The molecule has 0 saturated heterocycles. The lowest BCUT2D eigenvalue weighted by Gasteiger charge is -2.22. The van der Waals surface area contributed by atoms with Gasteiger partial charge < -0.3 is 9.32 Å². The van der Waals surface area contributed by atoms with Gasteiger partial charge in [-0.25, -0.2) is 0 Å². The lowest BCUT2D eigenvalue weighted by molar-refractivity contribution is -0.129. The Morgan fingerprint density at radius 1 is 1.39 bits per heavy atom. The molecule has 0 atom stereocenters. The molecule has 8 heteroatoms. The Morgan fingerprint density at radius 2 is 2.25 bits per heavy atom. The van der Waals surface area contributed by atoms with Crippen LogP contribution in [-0.2, 0) is 17.9 Å². The van der Waals surface area contributed by atoms with E-state index in [1.165, 1.54) is 17.3 Å². The van der Waals surface area contributed by atoms with Crippen LogP contribution in [0, 0.1) is 5.92 Å². The topological polar surface area (TPSA) is 64.2 Å². The molecule has 1 fully saturated rings. The van der Waals surface area contributed by atoms with Crippen LogP contribution in [0.5, 0.6) is 0 Å². The molecule has 4 rings (SSSR count). The minimum absolute atomic E-state index is 0.164. The van der Waals surface area contributed by atoms with Crippen molar-refractivity contribution in [2.45, 2.75) is 51.0 Å². The highest BCUT2D eigenvalue weighted by Crippen LogP contribution is 2.31. The molecule has 3 aromatic heterocycles. The third-order valence-corrected chi connectivity index (χ3v) is 6.26. The van der Waals surface area contributed by atoms with Crippen molar-refractivity contribution in [2.24, 2.45) is 5.92 Å². The Labute approximate surface area is 172 Å². The molecule has 1 aliphatic carbocycles. The van der Waals surface area contributed by atoms with Crippen molar-refractivity contribution in [3.05, 3.63) is 40.8 Å². The van der Waals surface area contributed by atoms with Crippen LogP contribution in [0.4, 0.5) is 0 Å². The van der Waals surface area contributed by atoms with Gasteiger partial charge >= 0.3 is 0 Å². The zero-order chi connectivity index (χ0) is 19.5. The molecule has 3 heterocycles. The maximum absolute atomic E-state index is 12.9. The molecule has 1 amide bonds. The van der Waals surface area contributed by atoms with Crippen LogP contribution < -0.4 is 0 Å². The second-order valence-corrected chi connectivity index (χ2v) is 9.18. The van der Waals surface area contributed by atoms with E-state index >= 15 is 0 Å². The fourth-order valence-corrected chi connectivity index (χ4v) is 4.60. The fourth-order valence-electron chi connectivity index (χ4n) is 3.11. The molecule has 1 aliphatic rings. The summed E-state index contributed by atoms with van der Waals surface area (Å²) in [4.78, 5) is 14.9. The standard InChI is InChI=1S/C20H24N4O2S2/c1-14(2)10-24-19(17-4-3-8-26-17)21-22-20(24)28-13-18(25)23(16-5-6-16)11-15-7-9-27-12-15/h3-4,7-9,12,14,16H,5-6,10-11,13H2,1-2H3. The lowest BCUT2D eigenvalue weighted by Crippen LogP contribution is -2.33. The van der Waals surface area contributed by atoms with Gasteiger partial charge in [-0.3, -0.25) is 9.36 Å². The van der Waals surface area contributed by atoms with E-state index in [-0.39, 0.29) is 5.91 Å². The first-order chi connectivity index (χ1) is 13.6. The zero-order valence-electron chi connectivity index (χ0n) is 16.1. The van der Waals surface area contributed by atoms with Gasteiger partial charge in [0.1, 0.15) is 0 Å². The fraction of sp³-hybridized carbons (Fsp3) is 0.450. The monoisotopic (exact) mass is 416 g/mol. The van der Waals surface area contributed by atoms with Crippen LogP contribution in [0.15, 0.2) is 44.8 Å². The number of amides is 1. The number of thiophene rings is 1. The van der Waals surface area contributed by atoms with Crippen molar-refractivity contribution in [2.75, 3.05) is 5.75 Å². The molecule has 0 aliphatic heterocycles. The molecule has 3 aromatic rings. The summed E-state index contributed by atoms with van der Waals surface area (Å²) in [6.07, 6.45) is 3.84. The Bertz CT molecular complexity index is 899. The lowest BCUT2D eigenvalue weighted by atomic mass is 10.2. The summed E-state index contributed by atoms with van der Waals surface area (Å²) in [6, 6.07) is 6.21. The van der Waals surface area contributed by atoms with Gasteiger partial charge in [-0.05, 0) is 53.3 Å². The van der Waals surface area contributed by atoms with Gasteiger partial charge in [-0.15, -0.1) is 10.2 Å². The molecule has 0 aromatic carbocycles. The zero-order valence-corrected chi connectivity index (χ0v) is 17.7. The summed E-state index contributed by atoms with van der Waals surface area (Å²) < 4.78 is 7.57. The smallest absolute Gasteiger partial charge is 0.233 e. The Kier molecular flexibility index (Phi) is 5.87. The highest BCUT2D eigenvalue weighted by molar-refractivity contribution is 7.99. The average Bonchev–Trinajstić information content (AvgIpc) is 3.06. The molecule has 0 bridgehead atoms. The largest absolute Gasteiger partial charge is 0.461 e. The number of carbonyl (C=O) groups is 1. The first-order valence-corrected chi connectivity index (χ1v) is 11.4. The van der Waals surface area contributed by atoms with Gasteiger partial charge in [0.2, 0.25) is 5.91 Å². The van der Waals surface area contributed by atoms with Crippen molar-refractivity contribution in [3.8, 4) is 11.6 Å². The second-order valence-electron chi connectivity index (χ2n) is 7.46. The highest BCUT2D eigenvalue weighted by Gasteiger charge is 2.32. The molecule has 148 valence electrons. The maximum atomic E-state index is 12.9. The Balaban J connectivity index is 1.47. The summed E-state index contributed by atoms with van der Waals surface area (Å²) in [6.45, 7) is 5.78. The SMILES string of the molecule is CC(C)Cn1c(SCC(=O)N(Cc2ccsc2)C2CC2)nnc1-c1ccco1. The molecule has 6 nitrogen and oxygen atoms in total. The van der Waals surface area contributed by atoms with Crippen LogP contribution in [0.25, 0.3) is 11.6 Å². The minimum Gasteiger partial charge on any atom is -0.461 e. The van der Waals surface area contributed by atoms with Crippen molar-refractivity contribution < 1.29 is 9.21 Å². The van der Waals surface area contributed by atoms with E-state index in [9.17, 15) is 4.79 Å². The molecule has 0 spiro atoms. The van der Waals surface area contributed by atoms with E-state index < -0.39 is 0 Å². The van der Waals surface area contributed by atoms with Gasteiger partial charge in [0.15, 0.2) is 16.7 Å². The number of thioether (sulfide) groups is 1. The quantitative estimate of drug-likeness (QED) is 0.479. The van der Waals surface area contributed by atoms with Crippen molar-refractivity contribution in [1.82, 2.24) is 19.7 Å². The molecular weight excluding hydrogens is 392 g/mol. The van der Waals surface area contributed by atoms with Crippen LogP contribution in [0.1, 0.15) is 32.3 Å². The predicted octanol–water partition coefficient (Wildman–Crippen LogP) is 4.54. The van der Waals surface area contributed by atoms with Crippen molar-refractivity contribution >= 4 is 29.0 Å². The predicted molar refractivity (Wildman–Crippen MR) is 111 cm³/mol. The number of hydrogen-bond donors (Lipinski definition) is 0. The van der Waals surface area contributed by atoms with Crippen LogP contribution in [0.3, 0.4) is 0 Å². The molecule has 0 radical (unpaired) electrons. The average molecular weight is 417 g/mol. The van der Waals surface area contributed by atoms with Crippen molar-refractivity contribution in [3.63, 3.8) is 0 Å². The third kappa shape index (κ3) is 4.50. The minimum atomic E-state index is 0.164. The number of furan rings is 1. The number of hydrogen-bond acceptors (Lipinski definition) is 6. The van der Waals surface area contributed by atoms with E-state index in [2.05, 4.69) is 45.4 Å². The van der Waals surface area contributed by atoms with E-state index in [0.29, 0.717) is 35.8 Å². The Hall–Kier alpha value is -2.06. The second kappa shape index (κ2) is 8.53.